The van der Waals surface area contributed by atoms with Crippen LogP contribution in [0.5, 0.6) is 0 Å². The van der Waals surface area contributed by atoms with E-state index in [1.165, 1.54) is 0 Å². The van der Waals surface area contributed by atoms with Gasteiger partial charge in [-0.1, -0.05) is 0 Å². The highest BCUT2D eigenvalue weighted by Gasteiger charge is 2.20. The highest BCUT2D eigenvalue weighted by molar-refractivity contribution is 5.73. The number of piperidine rings is 1. The maximum atomic E-state index is 11.1. The fourth-order valence-electron chi connectivity index (χ4n) is 1.92. The van der Waals surface area contributed by atoms with Crippen molar-refractivity contribution in [3.05, 3.63) is 0 Å². The molecule has 0 aliphatic carbocycles. The number of nitrogens with zero attached hydrogens (tertiary/aromatic N) is 1. The first-order valence-corrected chi connectivity index (χ1v) is 5.72. The standard InChI is InChI=1S/C11H22N2O3/c1-9(14)13-6-4-10(5-7-13)12-8-11(15-2)16-3/h10-12H,4-8H2,1-3H3. The SMILES string of the molecule is COC(CNC1CCN(C(C)=O)CC1)OC. The van der Waals surface area contributed by atoms with Crippen molar-refractivity contribution in [2.45, 2.75) is 32.1 Å². The lowest BCUT2D eigenvalue weighted by molar-refractivity contribution is -0.130. The van der Waals surface area contributed by atoms with Crippen LogP contribution in [0.3, 0.4) is 0 Å². The number of amides is 1. The first-order chi connectivity index (χ1) is 7.67. The number of hydrogen-bond acceptors (Lipinski definition) is 4. The van der Waals surface area contributed by atoms with E-state index in [2.05, 4.69) is 5.32 Å². The number of nitrogens with one attached hydrogen (secondary N) is 1. The van der Waals surface area contributed by atoms with Gasteiger partial charge in [-0.05, 0) is 12.8 Å². The van der Waals surface area contributed by atoms with E-state index in [1.54, 1.807) is 21.1 Å². The molecule has 1 aliphatic heterocycles. The third kappa shape index (κ3) is 4.08. The summed E-state index contributed by atoms with van der Waals surface area (Å²) in [5, 5.41) is 3.40. The molecule has 5 nitrogen and oxygen atoms in total. The van der Waals surface area contributed by atoms with Gasteiger partial charge >= 0.3 is 0 Å². The Morgan fingerprint density at radius 1 is 1.38 bits per heavy atom. The lowest BCUT2D eigenvalue weighted by Gasteiger charge is -2.32. The van der Waals surface area contributed by atoms with Gasteiger partial charge in [-0.25, -0.2) is 0 Å². The molecule has 0 bridgehead atoms. The van der Waals surface area contributed by atoms with E-state index in [0.29, 0.717) is 12.6 Å². The van der Waals surface area contributed by atoms with Crippen molar-refractivity contribution in [1.29, 1.82) is 0 Å². The molecule has 16 heavy (non-hydrogen) atoms. The summed E-state index contributed by atoms with van der Waals surface area (Å²) in [4.78, 5) is 13.0. The first-order valence-electron chi connectivity index (χ1n) is 5.72. The van der Waals surface area contributed by atoms with Crippen LogP contribution in [0, 0.1) is 0 Å². The fourth-order valence-corrected chi connectivity index (χ4v) is 1.92. The van der Waals surface area contributed by atoms with Gasteiger partial charge in [-0.3, -0.25) is 4.79 Å². The molecule has 1 N–H and O–H groups in total. The van der Waals surface area contributed by atoms with Crippen molar-refractivity contribution in [3.63, 3.8) is 0 Å². The zero-order valence-electron chi connectivity index (χ0n) is 10.4. The predicted octanol–water partition coefficient (Wildman–Crippen LogP) is 0.206. The average Bonchev–Trinajstić information content (AvgIpc) is 2.31. The van der Waals surface area contributed by atoms with Gasteiger partial charge in [0.05, 0.1) is 0 Å². The molecule has 1 fully saturated rings. The number of ether oxygens (including phenoxy) is 2. The molecule has 0 unspecified atom stereocenters. The Morgan fingerprint density at radius 2 is 1.94 bits per heavy atom. The van der Waals surface area contributed by atoms with Crippen molar-refractivity contribution in [2.24, 2.45) is 0 Å². The Morgan fingerprint density at radius 3 is 2.38 bits per heavy atom. The van der Waals surface area contributed by atoms with Gasteiger partial charge in [0.1, 0.15) is 0 Å². The second-order valence-corrected chi connectivity index (χ2v) is 4.09. The van der Waals surface area contributed by atoms with E-state index in [4.69, 9.17) is 9.47 Å². The van der Waals surface area contributed by atoms with Crippen molar-refractivity contribution < 1.29 is 14.3 Å². The normalized spacial score (nSPS) is 18.1. The van der Waals surface area contributed by atoms with Gasteiger partial charge in [-0.2, -0.15) is 0 Å². The summed E-state index contributed by atoms with van der Waals surface area (Å²) >= 11 is 0. The number of rotatable bonds is 5. The van der Waals surface area contributed by atoms with E-state index in [9.17, 15) is 4.79 Å². The second-order valence-electron chi connectivity index (χ2n) is 4.09. The molecular formula is C11H22N2O3. The molecule has 1 aliphatic rings. The Bertz CT molecular complexity index is 211. The van der Waals surface area contributed by atoms with Gasteiger partial charge in [-0.15, -0.1) is 0 Å². The lowest BCUT2D eigenvalue weighted by atomic mass is 10.1. The summed E-state index contributed by atoms with van der Waals surface area (Å²) < 4.78 is 10.2. The van der Waals surface area contributed by atoms with Crippen LogP contribution in [0.15, 0.2) is 0 Å². The number of carbonyl (C=O) groups is 1. The van der Waals surface area contributed by atoms with Crippen LogP contribution in [0.4, 0.5) is 0 Å². The Hall–Kier alpha value is -0.650. The van der Waals surface area contributed by atoms with Crippen LogP contribution in [0.2, 0.25) is 0 Å². The van der Waals surface area contributed by atoms with Crippen molar-refractivity contribution >= 4 is 5.91 Å². The van der Waals surface area contributed by atoms with E-state index in [-0.39, 0.29) is 12.2 Å². The molecule has 94 valence electrons. The molecule has 1 heterocycles. The smallest absolute Gasteiger partial charge is 0.219 e. The molecule has 1 amide bonds. The van der Waals surface area contributed by atoms with Gasteiger partial charge in [0.15, 0.2) is 6.29 Å². The van der Waals surface area contributed by atoms with Crippen LogP contribution < -0.4 is 5.32 Å². The molecular weight excluding hydrogens is 208 g/mol. The molecule has 1 rings (SSSR count). The number of carbonyl (C=O) groups excluding carboxylic acids is 1. The summed E-state index contributed by atoms with van der Waals surface area (Å²) in [6.45, 7) is 4.01. The van der Waals surface area contributed by atoms with Crippen LogP contribution >= 0.6 is 0 Å². The molecule has 0 aromatic heterocycles. The third-order valence-corrected chi connectivity index (χ3v) is 3.04. The fraction of sp³-hybridized carbons (Fsp3) is 0.909. The minimum Gasteiger partial charge on any atom is -0.355 e. The topological polar surface area (TPSA) is 50.8 Å². The Kier molecular flexibility index (Phi) is 5.73. The van der Waals surface area contributed by atoms with E-state index < -0.39 is 0 Å². The maximum absolute atomic E-state index is 11.1. The average molecular weight is 230 g/mol. The van der Waals surface area contributed by atoms with Gasteiger partial charge < -0.3 is 19.7 Å². The van der Waals surface area contributed by atoms with Crippen LogP contribution in [0.1, 0.15) is 19.8 Å². The summed E-state index contributed by atoms with van der Waals surface area (Å²) in [6.07, 6.45) is 1.81. The predicted molar refractivity (Wildman–Crippen MR) is 61.1 cm³/mol. The molecule has 1 saturated heterocycles. The first kappa shape index (κ1) is 13.4. The minimum atomic E-state index is -0.189. The Labute approximate surface area is 97.1 Å². The highest BCUT2D eigenvalue weighted by Crippen LogP contribution is 2.10. The highest BCUT2D eigenvalue weighted by atomic mass is 16.7. The number of likely N-dealkylation sites (tertiary alicyclic amines) is 1. The van der Waals surface area contributed by atoms with Gasteiger partial charge in [0.2, 0.25) is 5.91 Å². The van der Waals surface area contributed by atoms with Crippen LogP contribution in [-0.2, 0) is 14.3 Å². The zero-order valence-corrected chi connectivity index (χ0v) is 10.4. The molecule has 5 heteroatoms. The molecule has 0 saturated carbocycles. The quantitative estimate of drug-likeness (QED) is 0.686. The van der Waals surface area contributed by atoms with Crippen molar-refractivity contribution in [2.75, 3.05) is 33.9 Å². The monoisotopic (exact) mass is 230 g/mol. The van der Waals surface area contributed by atoms with E-state index >= 15 is 0 Å². The molecule has 0 radical (unpaired) electrons. The summed E-state index contributed by atoms with van der Waals surface area (Å²) in [6, 6.07) is 0.461. The summed E-state index contributed by atoms with van der Waals surface area (Å²) in [5.41, 5.74) is 0. The maximum Gasteiger partial charge on any atom is 0.219 e. The van der Waals surface area contributed by atoms with Crippen LogP contribution in [-0.4, -0.2) is 57.0 Å². The third-order valence-electron chi connectivity index (χ3n) is 3.04. The molecule has 0 aromatic rings. The van der Waals surface area contributed by atoms with Crippen molar-refractivity contribution in [3.8, 4) is 0 Å². The number of hydrogen-bond donors (Lipinski definition) is 1. The molecule has 0 spiro atoms. The second kappa shape index (κ2) is 6.83. The Balaban J connectivity index is 2.19. The summed E-state index contributed by atoms with van der Waals surface area (Å²) in [7, 11) is 3.27. The largest absolute Gasteiger partial charge is 0.355 e. The lowest BCUT2D eigenvalue weighted by Crippen LogP contribution is -2.46. The van der Waals surface area contributed by atoms with E-state index in [0.717, 1.165) is 25.9 Å². The molecule has 0 atom stereocenters. The van der Waals surface area contributed by atoms with Crippen molar-refractivity contribution in [1.82, 2.24) is 10.2 Å². The number of methoxy groups -OCH3 is 2. The molecule has 0 aromatic carbocycles. The van der Waals surface area contributed by atoms with Crippen LogP contribution in [0.25, 0.3) is 0 Å². The van der Waals surface area contributed by atoms with E-state index in [1.807, 2.05) is 4.90 Å². The minimum absolute atomic E-state index is 0.171. The van der Waals surface area contributed by atoms with Gasteiger partial charge in [0.25, 0.3) is 0 Å². The summed E-state index contributed by atoms with van der Waals surface area (Å²) in [5.74, 6) is 0.171. The zero-order chi connectivity index (χ0) is 12.0. The van der Waals surface area contributed by atoms with Gasteiger partial charge in [0, 0.05) is 46.8 Å².